The van der Waals surface area contributed by atoms with Crippen LogP contribution < -0.4 is 4.74 Å². The Bertz CT molecular complexity index is 434. The van der Waals surface area contributed by atoms with E-state index < -0.39 is 4.92 Å². The van der Waals surface area contributed by atoms with E-state index in [1.165, 1.54) is 12.1 Å². The molecule has 0 saturated heterocycles. The molecule has 0 heterocycles. The topological polar surface area (TPSA) is 85.0 Å². The Balaban J connectivity index is 3.33. The maximum absolute atomic E-state index is 10.8. The van der Waals surface area contributed by atoms with E-state index in [-0.39, 0.29) is 23.1 Å². The normalized spacial score (nSPS) is 10.6. The van der Waals surface area contributed by atoms with E-state index in [1.807, 2.05) is 0 Å². The highest BCUT2D eigenvalue weighted by Crippen LogP contribution is 2.35. The Hall–Kier alpha value is -1.82. The van der Waals surface area contributed by atoms with Crippen molar-refractivity contribution in [3.8, 4) is 5.75 Å². The third kappa shape index (κ3) is 2.60. The molecule has 0 aliphatic carbocycles. The zero-order chi connectivity index (χ0) is 12.1. The highest BCUT2D eigenvalue weighted by Gasteiger charge is 2.19. The average molecular weight is 245 g/mol. The summed E-state index contributed by atoms with van der Waals surface area (Å²) in [6, 6.07) is 2.63. The molecule has 1 rings (SSSR count). The summed E-state index contributed by atoms with van der Waals surface area (Å²) in [5.41, 5.74) is 0.0619. The van der Waals surface area contributed by atoms with Gasteiger partial charge in [0.1, 0.15) is 0 Å². The molecule has 0 aromatic heterocycles. The van der Waals surface area contributed by atoms with Crippen LogP contribution in [0.15, 0.2) is 17.3 Å². The Kier molecular flexibility index (Phi) is 4.07. The lowest BCUT2D eigenvalue weighted by Gasteiger charge is -2.06. The number of halogens is 1. The van der Waals surface area contributed by atoms with E-state index in [4.69, 9.17) is 21.5 Å². The third-order valence-electron chi connectivity index (χ3n) is 1.74. The first-order valence-corrected chi connectivity index (χ1v) is 4.76. The summed E-state index contributed by atoms with van der Waals surface area (Å²) in [5, 5.41) is 22.0. The second kappa shape index (κ2) is 5.32. The molecular formula is C9H9ClN2O4. The molecule has 1 N–H and O–H groups in total. The Morgan fingerprint density at radius 2 is 2.38 bits per heavy atom. The number of oxime groups is 1. The Labute approximate surface area is 96.2 Å². The molecule has 1 aromatic rings. The predicted molar refractivity (Wildman–Crippen MR) is 58.7 cm³/mol. The summed E-state index contributed by atoms with van der Waals surface area (Å²) in [4.78, 5) is 10.2. The van der Waals surface area contributed by atoms with Crippen molar-refractivity contribution in [2.75, 3.05) is 6.61 Å². The zero-order valence-corrected chi connectivity index (χ0v) is 9.14. The predicted octanol–water partition coefficient (Wildman–Crippen LogP) is 2.46. The quantitative estimate of drug-likeness (QED) is 0.382. The number of hydrogen-bond donors (Lipinski definition) is 1. The van der Waals surface area contributed by atoms with E-state index in [2.05, 4.69) is 5.16 Å². The lowest BCUT2D eigenvalue weighted by atomic mass is 10.2. The zero-order valence-electron chi connectivity index (χ0n) is 8.38. The highest BCUT2D eigenvalue weighted by molar-refractivity contribution is 6.32. The average Bonchev–Trinajstić information content (AvgIpc) is 2.22. The minimum Gasteiger partial charge on any atom is -0.486 e. The van der Waals surface area contributed by atoms with Gasteiger partial charge in [0.05, 0.1) is 22.8 Å². The fourth-order valence-electron chi connectivity index (χ4n) is 1.16. The van der Waals surface area contributed by atoms with Crippen LogP contribution >= 0.6 is 11.6 Å². The first kappa shape index (κ1) is 12.3. The summed E-state index contributed by atoms with van der Waals surface area (Å²) < 4.78 is 5.08. The van der Waals surface area contributed by atoms with Crippen LogP contribution in [0.4, 0.5) is 5.69 Å². The van der Waals surface area contributed by atoms with E-state index in [9.17, 15) is 10.1 Å². The third-order valence-corrected chi connectivity index (χ3v) is 2.02. The second-order valence-electron chi connectivity index (χ2n) is 2.79. The van der Waals surface area contributed by atoms with Crippen LogP contribution in [0.5, 0.6) is 5.75 Å². The van der Waals surface area contributed by atoms with Crippen molar-refractivity contribution in [2.24, 2.45) is 5.16 Å². The first-order valence-electron chi connectivity index (χ1n) is 4.38. The van der Waals surface area contributed by atoms with E-state index >= 15 is 0 Å². The van der Waals surface area contributed by atoms with Gasteiger partial charge in [-0.15, -0.1) is 0 Å². The molecule has 86 valence electrons. The monoisotopic (exact) mass is 244 g/mol. The minimum absolute atomic E-state index is 0.0178. The molecule has 0 fully saturated rings. The molecule has 0 spiro atoms. The van der Waals surface area contributed by atoms with E-state index in [0.717, 1.165) is 6.21 Å². The molecule has 1 aromatic carbocycles. The maximum atomic E-state index is 10.8. The Morgan fingerprint density at radius 3 is 2.88 bits per heavy atom. The van der Waals surface area contributed by atoms with Gasteiger partial charge in [-0.1, -0.05) is 16.8 Å². The molecular weight excluding hydrogens is 236 g/mol. The largest absolute Gasteiger partial charge is 0.486 e. The fraction of sp³-hybridized carbons (Fsp3) is 0.222. The van der Waals surface area contributed by atoms with Gasteiger partial charge >= 0.3 is 5.69 Å². The standard InChI is InChI=1S/C9H9ClN2O4/c1-2-16-9-7(10)3-6(5-11-13)4-8(9)12(14)15/h3-5,13H,2H2,1H3/b11-5-. The number of hydrogen-bond acceptors (Lipinski definition) is 5. The van der Waals surface area contributed by atoms with Crippen LogP contribution in [0.1, 0.15) is 12.5 Å². The number of nitro benzene ring substituents is 1. The molecule has 0 bridgehead atoms. The van der Waals surface area contributed by atoms with Gasteiger partial charge in [0.2, 0.25) is 5.75 Å². The van der Waals surface area contributed by atoms with Gasteiger partial charge in [0.25, 0.3) is 0 Å². The number of ether oxygens (including phenoxy) is 1. The van der Waals surface area contributed by atoms with E-state index in [1.54, 1.807) is 6.92 Å². The van der Waals surface area contributed by atoms with Gasteiger partial charge in [-0.05, 0) is 13.0 Å². The molecule has 0 aliphatic heterocycles. The molecule has 0 unspecified atom stereocenters. The van der Waals surface area contributed by atoms with Crippen LogP contribution in [0.2, 0.25) is 5.02 Å². The summed E-state index contributed by atoms with van der Waals surface area (Å²) >= 11 is 5.82. The number of nitrogens with zero attached hydrogens (tertiary/aromatic N) is 2. The van der Waals surface area contributed by atoms with Crippen molar-refractivity contribution in [2.45, 2.75) is 6.92 Å². The van der Waals surface area contributed by atoms with Crippen LogP contribution in [0, 0.1) is 10.1 Å². The molecule has 0 atom stereocenters. The molecule has 6 nitrogen and oxygen atoms in total. The SMILES string of the molecule is CCOc1c(Cl)cc(/C=N\O)cc1[N+](=O)[O-]. The van der Waals surface area contributed by atoms with Crippen molar-refractivity contribution in [3.05, 3.63) is 32.8 Å². The van der Waals surface area contributed by atoms with Crippen LogP contribution in [-0.4, -0.2) is 23.0 Å². The van der Waals surface area contributed by atoms with Crippen molar-refractivity contribution in [3.63, 3.8) is 0 Å². The molecule has 0 aliphatic rings. The number of benzene rings is 1. The van der Waals surface area contributed by atoms with Gasteiger partial charge in [-0.3, -0.25) is 10.1 Å². The van der Waals surface area contributed by atoms with Crippen LogP contribution in [-0.2, 0) is 0 Å². The smallest absolute Gasteiger partial charge is 0.313 e. The lowest BCUT2D eigenvalue weighted by Crippen LogP contribution is -1.99. The molecule has 0 radical (unpaired) electrons. The fourth-order valence-corrected chi connectivity index (χ4v) is 1.44. The Morgan fingerprint density at radius 1 is 1.69 bits per heavy atom. The molecule has 0 saturated carbocycles. The van der Waals surface area contributed by atoms with Gasteiger partial charge in [0, 0.05) is 11.6 Å². The van der Waals surface area contributed by atoms with Gasteiger partial charge in [0.15, 0.2) is 0 Å². The summed E-state index contributed by atoms with van der Waals surface area (Å²) in [7, 11) is 0. The van der Waals surface area contributed by atoms with Crippen molar-refractivity contribution in [1.29, 1.82) is 0 Å². The van der Waals surface area contributed by atoms with Crippen molar-refractivity contribution in [1.82, 2.24) is 0 Å². The minimum atomic E-state index is -0.606. The van der Waals surface area contributed by atoms with Crippen LogP contribution in [0.25, 0.3) is 0 Å². The number of nitro groups is 1. The first-order chi connectivity index (χ1) is 7.60. The van der Waals surface area contributed by atoms with Gasteiger partial charge < -0.3 is 9.94 Å². The summed E-state index contributed by atoms with van der Waals surface area (Å²) in [5.74, 6) is 0.0178. The highest BCUT2D eigenvalue weighted by atomic mass is 35.5. The summed E-state index contributed by atoms with van der Waals surface area (Å²) in [6.45, 7) is 1.97. The second-order valence-corrected chi connectivity index (χ2v) is 3.19. The molecule has 0 amide bonds. The maximum Gasteiger partial charge on any atom is 0.313 e. The van der Waals surface area contributed by atoms with E-state index in [0.29, 0.717) is 5.56 Å². The van der Waals surface area contributed by atoms with Gasteiger partial charge in [-0.25, -0.2) is 0 Å². The van der Waals surface area contributed by atoms with Crippen molar-refractivity contribution < 1.29 is 14.9 Å². The molecule has 7 heteroatoms. The lowest BCUT2D eigenvalue weighted by molar-refractivity contribution is -0.385. The van der Waals surface area contributed by atoms with Gasteiger partial charge in [-0.2, -0.15) is 0 Å². The summed E-state index contributed by atoms with van der Waals surface area (Å²) in [6.07, 6.45) is 1.05. The number of rotatable bonds is 4. The van der Waals surface area contributed by atoms with Crippen molar-refractivity contribution >= 4 is 23.5 Å². The molecule has 16 heavy (non-hydrogen) atoms. The van der Waals surface area contributed by atoms with Crippen LogP contribution in [0.3, 0.4) is 0 Å².